The molecular weight excluding hydrogens is 354 g/mol. The van der Waals surface area contributed by atoms with Crippen molar-refractivity contribution in [1.29, 1.82) is 0 Å². The van der Waals surface area contributed by atoms with Crippen LogP contribution in [0.25, 0.3) is 10.4 Å². The minimum atomic E-state index is -0.344. The van der Waals surface area contributed by atoms with Gasteiger partial charge in [0.1, 0.15) is 0 Å². The third-order valence-corrected chi connectivity index (χ3v) is 7.11. The van der Waals surface area contributed by atoms with E-state index in [4.69, 9.17) is 4.74 Å². The van der Waals surface area contributed by atoms with Gasteiger partial charge in [0.25, 0.3) is 0 Å². The van der Waals surface area contributed by atoms with Gasteiger partial charge in [0.05, 0.1) is 5.41 Å². The van der Waals surface area contributed by atoms with E-state index in [-0.39, 0.29) is 11.3 Å². The van der Waals surface area contributed by atoms with E-state index in [1.54, 1.807) is 11.3 Å². The number of ether oxygens (including phenoxy) is 1. The van der Waals surface area contributed by atoms with Crippen LogP contribution in [0, 0.1) is 5.41 Å². The molecule has 144 valence electrons. The molecule has 0 bridgehead atoms. The van der Waals surface area contributed by atoms with Gasteiger partial charge in [-0.2, -0.15) is 0 Å². The largest absolute Gasteiger partial charge is 0.381 e. The lowest BCUT2D eigenvalue weighted by atomic mass is 9.73. The minimum Gasteiger partial charge on any atom is -0.381 e. The highest BCUT2D eigenvalue weighted by molar-refractivity contribution is 7.13. The van der Waals surface area contributed by atoms with Crippen LogP contribution < -0.4 is 5.32 Å². The van der Waals surface area contributed by atoms with Crippen molar-refractivity contribution in [3.63, 3.8) is 0 Å². The maximum atomic E-state index is 13.4. The van der Waals surface area contributed by atoms with Crippen LogP contribution in [-0.2, 0) is 16.0 Å². The second kappa shape index (κ2) is 8.57. The summed E-state index contributed by atoms with van der Waals surface area (Å²) in [6, 6.07) is 13.2. The predicted octanol–water partition coefficient (Wildman–Crippen LogP) is 5.20. The summed E-state index contributed by atoms with van der Waals surface area (Å²) in [5.41, 5.74) is 2.20. The third-order valence-electron chi connectivity index (χ3n) is 6.20. The van der Waals surface area contributed by atoms with Crippen molar-refractivity contribution in [2.75, 3.05) is 13.2 Å². The van der Waals surface area contributed by atoms with Gasteiger partial charge in [-0.3, -0.25) is 4.79 Å². The van der Waals surface area contributed by atoms with E-state index in [0.29, 0.717) is 19.3 Å². The quantitative estimate of drug-likeness (QED) is 0.770. The topological polar surface area (TPSA) is 38.3 Å². The summed E-state index contributed by atoms with van der Waals surface area (Å²) >= 11 is 1.76. The maximum absolute atomic E-state index is 13.4. The fourth-order valence-electron chi connectivity index (χ4n) is 4.54. The molecule has 1 saturated carbocycles. The number of hydrogen-bond donors (Lipinski definition) is 1. The van der Waals surface area contributed by atoms with Crippen molar-refractivity contribution in [3.8, 4) is 10.4 Å². The maximum Gasteiger partial charge on any atom is 0.226 e. The Morgan fingerprint density at radius 2 is 1.85 bits per heavy atom. The standard InChI is InChI=1S/C23H29NO2S/c25-22(24-19-8-2-1-3-9-19)23(12-14-26-15-13-23)17-18-7-4-5-10-20(18)21-11-6-16-27-21/h4-7,10-11,16,19H,1-3,8-9,12-15,17H2,(H,24,25). The lowest BCUT2D eigenvalue weighted by molar-refractivity contribution is -0.137. The average Bonchev–Trinajstić information content (AvgIpc) is 3.24. The second-order valence-electron chi connectivity index (χ2n) is 8.01. The van der Waals surface area contributed by atoms with Crippen LogP contribution in [0.15, 0.2) is 41.8 Å². The molecule has 1 amide bonds. The van der Waals surface area contributed by atoms with Crippen molar-refractivity contribution in [1.82, 2.24) is 5.32 Å². The number of thiophene rings is 1. The van der Waals surface area contributed by atoms with Crippen molar-refractivity contribution in [2.24, 2.45) is 5.41 Å². The Balaban J connectivity index is 1.58. The van der Waals surface area contributed by atoms with E-state index in [1.165, 1.54) is 35.3 Å². The van der Waals surface area contributed by atoms with Crippen LogP contribution in [0.4, 0.5) is 0 Å². The van der Waals surface area contributed by atoms with Crippen LogP contribution in [0.2, 0.25) is 0 Å². The number of rotatable bonds is 5. The molecule has 2 aliphatic rings. The summed E-state index contributed by atoms with van der Waals surface area (Å²) in [6.45, 7) is 1.36. The molecule has 2 heterocycles. The number of amides is 1. The molecule has 1 aromatic carbocycles. The molecule has 0 radical (unpaired) electrons. The van der Waals surface area contributed by atoms with Crippen LogP contribution in [-0.4, -0.2) is 25.2 Å². The van der Waals surface area contributed by atoms with Gasteiger partial charge in [-0.25, -0.2) is 0 Å². The van der Waals surface area contributed by atoms with E-state index < -0.39 is 0 Å². The van der Waals surface area contributed by atoms with E-state index >= 15 is 0 Å². The third kappa shape index (κ3) is 4.27. The first kappa shape index (κ1) is 18.7. The van der Waals surface area contributed by atoms with Crippen LogP contribution >= 0.6 is 11.3 Å². The second-order valence-corrected chi connectivity index (χ2v) is 8.96. The van der Waals surface area contributed by atoms with Crippen molar-refractivity contribution < 1.29 is 9.53 Å². The number of carbonyl (C=O) groups is 1. The van der Waals surface area contributed by atoms with Gasteiger partial charge in [-0.05, 0) is 54.7 Å². The Hall–Kier alpha value is -1.65. The van der Waals surface area contributed by atoms with Gasteiger partial charge < -0.3 is 10.1 Å². The van der Waals surface area contributed by atoms with Crippen molar-refractivity contribution in [2.45, 2.75) is 57.4 Å². The predicted molar refractivity (Wildman–Crippen MR) is 111 cm³/mol. The first-order valence-electron chi connectivity index (χ1n) is 10.3. The molecule has 2 aromatic rings. The fourth-order valence-corrected chi connectivity index (χ4v) is 5.33. The number of carbonyl (C=O) groups excluding carboxylic acids is 1. The highest BCUT2D eigenvalue weighted by atomic mass is 32.1. The zero-order chi connectivity index (χ0) is 18.5. The smallest absolute Gasteiger partial charge is 0.226 e. The fraction of sp³-hybridized carbons (Fsp3) is 0.522. The van der Waals surface area contributed by atoms with Gasteiger partial charge in [0.2, 0.25) is 5.91 Å². The molecule has 3 nitrogen and oxygen atoms in total. The Morgan fingerprint density at radius 1 is 1.07 bits per heavy atom. The lowest BCUT2D eigenvalue weighted by Crippen LogP contribution is -2.49. The summed E-state index contributed by atoms with van der Waals surface area (Å²) in [5.74, 6) is 0.249. The highest BCUT2D eigenvalue weighted by Gasteiger charge is 2.41. The minimum absolute atomic E-state index is 0.249. The molecule has 4 rings (SSSR count). The number of nitrogens with one attached hydrogen (secondary N) is 1. The first-order chi connectivity index (χ1) is 13.3. The molecule has 2 fully saturated rings. The van der Waals surface area contributed by atoms with Gasteiger partial charge in [0.15, 0.2) is 0 Å². The van der Waals surface area contributed by atoms with Crippen molar-refractivity contribution >= 4 is 17.2 Å². The van der Waals surface area contributed by atoms with Crippen LogP contribution in [0.5, 0.6) is 0 Å². The zero-order valence-corrected chi connectivity index (χ0v) is 16.7. The normalized spacial score (nSPS) is 20.3. The SMILES string of the molecule is O=C(NC1CCCCC1)C1(Cc2ccccc2-c2cccs2)CCOCC1. The molecule has 4 heteroatoms. The summed E-state index contributed by atoms with van der Waals surface area (Å²) in [7, 11) is 0. The number of hydrogen-bond acceptors (Lipinski definition) is 3. The molecule has 0 spiro atoms. The monoisotopic (exact) mass is 383 g/mol. The summed E-state index contributed by atoms with van der Waals surface area (Å²) in [6.07, 6.45) is 8.45. The zero-order valence-electron chi connectivity index (χ0n) is 15.9. The highest BCUT2D eigenvalue weighted by Crippen LogP contribution is 2.39. The van der Waals surface area contributed by atoms with Crippen molar-refractivity contribution in [3.05, 3.63) is 47.3 Å². The summed E-state index contributed by atoms with van der Waals surface area (Å²) < 4.78 is 5.63. The molecule has 1 aromatic heterocycles. The summed E-state index contributed by atoms with van der Waals surface area (Å²) in [5, 5.41) is 5.53. The molecule has 1 N–H and O–H groups in total. The van der Waals surface area contributed by atoms with E-state index in [2.05, 4.69) is 47.1 Å². The van der Waals surface area contributed by atoms with Crippen LogP contribution in [0.1, 0.15) is 50.5 Å². The first-order valence-corrected chi connectivity index (χ1v) is 11.2. The van der Waals surface area contributed by atoms with E-state index in [1.807, 2.05) is 0 Å². The Bertz CT molecular complexity index is 743. The molecule has 0 unspecified atom stereocenters. The van der Waals surface area contributed by atoms with E-state index in [9.17, 15) is 4.79 Å². The van der Waals surface area contributed by atoms with Gasteiger partial charge >= 0.3 is 0 Å². The summed E-state index contributed by atoms with van der Waals surface area (Å²) in [4.78, 5) is 14.7. The Morgan fingerprint density at radius 3 is 2.59 bits per heavy atom. The Kier molecular flexibility index (Phi) is 5.94. The van der Waals surface area contributed by atoms with Crippen LogP contribution in [0.3, 0.4) is 0 Å². The average molecular weight is 384 g/mol. The van der Waals surface area contributed by atoms with Gasteiger partial charge in [0, 0.05) is 24.1 Å². The molecule has 27 heavy (non-hydrogen) atoms. The molecule has 1 aliphatic heterocycles. The molecule has 0 atom stereocenters. The van der Waals surface area contributed by atoms with Gasteiger partial charge in [-0.15, -0.1) is 11.3 Å². The lowest BCUT2D eigenvalue weighted by Gasteiger charge is -2.38. The van der Waals surface area contributed by atoms with Gasteiger partial charge in [-0.1, -0.05) is 49.6 Å². The molecular formula is C23H29NO2S. The molecule has 1 aliphatic carbocycles. The number of benzene rings is 1. The van der Waals surface area contributed by atoms with E-state index in [0.717, 1.165) is 32.1 Å². The Labute approximate surface area is 166 Å². The molecule has 1 saturated heterocycles.